The number of rotatable bonds is 2. The highest BCUT2D eigenvalue weighted by molar-refractivity contribution is 5.94. The van der Waals surface area contributed by atoms with Crippen LogP contribution in [0.4, 0.5) is 13.6 Å². The lowest BCUT2D eigenvalue weighted by molar-refractivity contribution is 0.0749. The van der Waals surface area contributed by atoms with E-state index in [0.717, 1.165) is 12.1 Å². The van der Waals surface area contributed by atoms with Crippen molar-refractivity contribution in [3.8, 4) is 0 Å². The second kappa shape index (κ2) is 7.20. The smallest absolute Gasteiger partial charge is 0.409 e. The minimum atomic E-state index is -0.878. The third kappa shape index (κ3) is 3.72. The number of hydrogen-bond donors (Lipinski definition) is 0. The lowest BCUT2D eigenvalue weighted by atomic mass is 10.1. The molecule has 22 heavy (non-hydrogen) atoms. The molecular formula is C15H18F2N2O3. The molecule has 0 radical (unpaired) electrons. The van der Waals surface area contributed by atoms with Crippen molar-refractivity contribution in [2.45, 2.75) is 13.3 Å². The van der Waals surface area contributed by atoms with Gasteiger partial charge in [-0.2, -0.15) is 0 Å². The van der Waals surface area contributed by atoms with Gasteiger partial charge in [0, 0.05) is 32.2 Å². The third-order valence-electron chi connectivity index (χ3n) is 3.47. The van der Waals surface area contributed by atoms with Crippen molar-refractivity contribution in [2.75, 3.05) is 32.8 Å². The molecule has 0 unspecified atom stereocenters. The monoisotopic (exact) mass is 312 g/mol. The van der Waals surface area contributed by atoms with E-state index in [1.165, 1.54) is 9.80 Å². The van der Waals surface area contributed by atoms with Crippen LogP contribution in [0.25, 0.3) is 0 Å². The molecular weight excluding hydrogens is 294 g/mol. The van der Waals surface area contributed by atoms with E-state index >= 15 is 0 Å². The van der Waals surface area contributed by atoms with E-state index in [1.54, 1.807) is 6.92 Å². The first-order valence-electron chi connectivity index (χ1n) is 7.19. The standard InChI is InChI=1S/C15H18F2N2O3/c1-2-22-15(21)19-7-3-6-18(8-9-19)14(20)12-5-4-11(16)10-13(12)17/h4-5,10H,2-3,6-9H2,1H3. The van der Waals surface area contributed by atoms with Crippen molar-refractivity contribution in [1.82, 2.24) is 9.80 Å². The minimum absolute atomic E-state index is 0.161. The predicted molar refractivity (Wildman–Crippen MR) is 75.5 cm³/mol. The minimum Gasteiger partial charge on any atom is -0.450 e. The normalized spacial score (nSPS) is 15.4. The molecule has 1 aliphatic heterocycles. The summed E-state index contributed by atoms with van der Waals surface area (Å²) in [6, 6.07) is 2.88. The van der Waals surface area contributed by atoms with E-state index < -0.39 is 23.6 Å². The van der Waals surface area contributed by atoms with Gasteiger partial charge < -0.3 is 14.5 Å². The van der Waals surface area contributed by atoms with Crippen LogP contribution in [0.15, 0.2) is 18.2 Å². The van der Waals surface area contributed by atoms with E-state index in [0.29, 0.717) is 38.7 Å². The van der Waals surface area contributed by atoms with Crippen LogP contribution in [-0.4, -0.2) is 54.6 Å². The summed E-state index contributed by atoms with van der Waals surface area (Å²) in [7, 11) is 0. The summed E-state index contributed by atoms with van der Waals surface area (Å²) in [4.78, 5) is 27.0. The Bertz CT molecular complexity index is 566. The molecule has 1 aliphatic rings. The molecule has 1 heterocycles. The second-order valence-corrected chi connectivity index (χ2v) is 4.96. The fourth-order valence-corrected chi connectivity index (χ4v) is 2.35. The molecule has 0 aliphatic carbocycles. The van der Waals surface area contributed by atoms with Crippen LogP contribution in [0.3, 0.4) is 0 Å². The second-order valence-electron chi connectivity index (χ2n) is 4.96. The number of carbonyl (C=O) groups excluding carboxylic acids is 2. The number of hydrogen-bond acceptors (Lipinski definition) is 3. The summed E-state index contributed by atoms with van der Waals surface area (Å²) in [5.41, 5.74) is -0.161. The maximum atomic E-state index is 13.7. The van der Waals surface area contributed by atoms with Crippen LogP contribution >= 0.6 is 0 Å². The Morgan fingerprint density at radius 3 is 2.50 bits per heavy atom. The molecule has 120 valence electrons. The lowest BCUT2D eigenvalue weighted by Crippen LogP contribution is -2.37. The molecule has 1 saturated heterocycles. The van der Waals surface area contributed by atoms with Gasteiger partial charge in [-0.1, -0.05) is 0 Å². The van der Waals surface area contributed by atoms with Gasteiger partial charge in [0.15, 0.2) is 0 Å². The molecule has 2 amide bonds. The third-order valence-corrected chi connectivity index (χ3v) is 3.47. The Hall–Kier alpha value is -2.18. The Morgan fingerprint density at radius 2 is 1.82 bits per heavy atom. The highest BCUT2D eigenvalue weighted by Gasteiger charge is 2.25. The van der Waals surface area contributed by atoms with Crippen LogP contribution in [0.5, 0.6) is 0 Å². The number of ether oxygens (including phenoxy) is 1. The van der Waals surface area contributed by atoms with Gasteiger partial charge in [0.25, 0.3) is 5.91 Å². The average Bonchev–Trinajstić information content (AvgIpc) is 2.73. The molecule has 0 aromatic heterocycles. The largest absolute Gasteiger partial charge is 0.450 e. The molecule has 1 aromatic carbocycles. The van der Waals surface area contributed by atoms with Gasteiger partial charge in [0.05, 0.1) is 12.2 Å². The molecule has 1 fully saturated rings. The lowest BCUT2D eigenvalue weighted by Gasteiger charge is -2.22. The summed E-state index contributed by atoms with van der Waals surface area (Å²) < 4.78 is 31.5. The zero-order chi connectivity index (χ0) is 16.1. The van der Waals surface area contributed by atoms with Crippen LogP contribution in [0.1, 0.15) is 23.7 Å². The Balaban J connectivity index is 2.04. The summed E-state index contributed by atoms with van der Waals surface area (Å²) >= 11 is 0. The molecule has 5 nitrogen and oxygen atoms in total. The van der Waals surface area contributed by atoms with Gasteiger partial charge in [0.2, 0.25) is 0 Å². The van der Waals surface area contributed by atoms with Gasteiger partial charge in [-0.25, -0.2) is 13.6 Å². The Labute approximate surface area is 127 Å². The van der Waals surface area contributed by atoms with Gasteiger partial charge in [0.1, 0.15) is 11.6 Å². The Kier molecular flexibility index (Phi) is 5.30. The van der Waals surface area contributed by atoms with Crippen molar-refractivity contribution < 1.29 is 23.1 Å². The predicted octanol–water partition coefficient (Wildman–Crippen LogP) is 2.27. The van der Waals surface area contributed by atoms with Gasteiger partial charge >= 0.3 is 6.09 Å². The fraction of sp³-hybridized carbons (Fsp3) is 0.467. The van der Waals surface area contributed by atoms with E-state index in [-0.39, 0.29) is 12.1 Å². The summed E-state index contributed by atoms with van der Waals surface area (Å²) in [6.07, 6.45) is 0.164. The number of halogens is 2. The highest BCUT2D eigenvalue weighted by Crippen LogP contribution is 2.14. The molecule has 0 N–H and O–H groups in total. The zero-order valence-electron chi connectivity index (χ0n) is 12.3. The van der Waals surface area contributed by atoms with Crippen molar-refractivity contribution >= 4 is 12.0 Å². The molecule has 0 atom stereocenters. The zero-order valence-corrected chi connectivity index (χ0v) is 12.3. The number of benzene rings is 1. The summed E-state index contributed by atoms with van der Waals surface area (Å²) in [5, 5.41) is 0. The van der Waals surface area contributed by atoms with Crippen LogP contribution in [0, 0.1) is 11.6 Å². The maximum Gasteiger partial charge on any atom is 0.409 e. The number of carbonyl (C=O) groups is 2. The van der Waals surface area contributed by atoms with Gasteiger partial charge in [-0.15, -0.1) is 0 Å². The molecule has 1 aromatic rings. The summed E-state index contributed by atoms with van der Waals surface area (Å²) in [6.45, 7) is 3.52. The fourth-order valence-electron chi connectivity index (χ4n) is 2.35. The van der Waals surface area contributed by atoms with Gasteiger partial charge in [-0.3, -0.25) is 4.79 Å². The van der Waals surface area contributed by atoms with E-state index in [2.05, 4.69) is 0 Å². The van der Waals surface area contributed by atoms with E-state index in [1.807, 2.05) is 0 Å². The van der Waals surface area contributed by atoms with Crippen molar-refractivity contribution in [2.24, 2.45) is 0 Å². The highest BCUT2D eigenvalue weighted by atomic mass is 19.1. The first kappa shape index (κ1) is 16.2. The first-order valence-corrected chi connectivity index (χ1v) is 7.19. The van der Waals surface area contributed by atoms with Crippen LogP contribution in [0.2, 0.25) is 0 Å². The molecule has 0 saturated carbocycles. The molecule has 0 spiro atoms. The SMILES string of the molecule is CCOC(=O)N1CCCN(C(=O)c2ccc(F)cc2F)CC1. The topological polar surface area (TPSA) is 49.9 Å². The first-order chi connectivity index (χ1) is 10.5. The summed E-state index contributed by atoms with van der Waals surface area (Å²) in [5.74, 6) is -2.10. The molecule has 0 bridgehead atoms. The average molecular weight is 312 g/mol. The van der Waals surface area contributed by atoms with Crippen LogP contribution < -0.4 is 0 Å². The molecule has 7 heteroatoms. The van der Waals surface area contributed by atoms with Crippen molar-refractivity contribution in [3.63, 3.8) is 0 Å². The van der Waals surface area contributed by atoms with E-state index in [9.17, 15) is 18.4 Å². The molecule has 2 rings (SSSR count). The maximum absolute atomic E-state index is 13.7. The Morgan fingerprint density at radius 1 is 1.14 bits per heavy atom. The van der Waals surface area contributed by atoms with Crippen LogP contribution in [-0.2, 0) is 4.74 Å². The van der Waals surface area contributed by atoms with Gasteiger partial charge in [-0.05, 0) is 25.5 Å². The quantitative estimate of drug-likeness (QED) is 0.842. The van der Waals surface area contributed by atoms with E-state index in [4.69, 9.17) is 4.74 Å². The number of amides is 2. The van der Waals surface area contributed by atoms with Crippen molar-refractivity contribution in [1.29, 1.82) is 0 Å². The number of nitrogens with zero attached hydrogens (tertiary/aromatic N) is 2. The van der Waals surface area contributed by atoms with Crippen molar-refractivity contribution in [3.05, 3.63) is 35.4 Å².